The van der Waals surface area contributed by atoms with Crippen molar-refractivity contribution in [3.8, 4) is 11.7 Å². The molecular formula is C15H12N4O5. The maximum absolute atomic E-state index is 12.7. The second kappa shape index (κ2) is 5.08. The lowest BCUT2D eigenvalue weighted by Crippen LogP contribution is -2.40. The Labute approximate surface area is 135 Å². The molecule has 0 unspecified atom stereocenters. The van der Waals surface area contributed by atoms with Crippen LogP contribution in [0, 0.1) is 0 Å². The first kappa shape index (κ1) is 14.2. The zero-order valence-corrected chi connectivity index (χ0v) is 12.6. The van der Waals surface area contributed by atoms with Crippen molar-refractivity contribution in [2.45, 2.75) is 19.0 Å². The summed E-state index contributed by atoms with van der Waals surface area (Å²) in [5.74, 6) is 0.676. The second-order valence-corrected chi connectivity index (χ2v) is 5.42. The zero-order chi connectivity index (χ0) is 16.7. The van der Waals surface area contributed by atoms with Crippen LogP contribution in [0.4, 0.5) is 4.79 Å². The number of hydrogen-bond donors (Lipinski definition) is 1. The summed E-state index contributed by atoms with van der Waals surface area (Å²) in [6.45, 7) is 1.46. The highest BCUT2D eigenvalue weighted by Gasteiger charge is 2.51. The van der Waals surface area contributed by atoms with Gasteiger partial charge in [0, 0.05) is 0 Å². The van der Waals surface area contributed by atoms with Crippen LogP contribution >= 0.6 is 0 Å². The molecule has 1 aliphatic rings. The van der Waals surface area contributed by atoms with Crippen LogP contribution in [0.2, 0.25) is 0 Å². The van der Waals surface area contributed by atoms with E-state index in [0.717, 1.165) is 4.90 Å². The molecular weight excluding hydrogens is 316 g/mol. The molecule has 9 heteroatoms. The van der Waals surface area contributed by atoms with Gasteiger partial charge in [0.15, 0.2) is 17.1 Å². The largest absolute Gasteiger partial charge is 0.466 e. The van der Waals surface area contributed by atoms with Crippen molar-refractivity contribution < 1.29 is 22.9 Å². The summed E-state index contributed by atoms with van der Waals surface area (Å²) in [7, 11) is 0. The third-order valence-corrected chi connectivity index (χ3v) is 3.79. The molecule has 0 aromatic carbocycles. The molecule has 0 radical (unpaired) electrons. The van der Waals surface area contributed by atoms with Gasteiger partial charge in [-0.15, -0.1) is 0 Å². The van der Waals surface area contributed by atoms with Gasteiger partial charge in [-0.05, 0) is 31.2 Å². The van der Waals surface area contributed by atoms with E-state index in [2.05, 4.69) is 15.5 Å². The lowest BCUT2D eigenvalue weighted by atomic mass is 9.99. The van der Waals surface area contributed by atoms with E-state index < -0.39 is 17.5 Å². The highest BCUT2D eigenvalue weighted by molar-refractivity contribution is 6.06. The number of nitrogens with one attached hydrogen (secondary N) is 1. The maximum atomic E-state index is 12.7. The third-order valence-electron chi connectivity index (χ3n) is 3.79. The number of amides is 3. The number of urea groups is 1. The van der Waals surface area contributed by atoms with Gasteiger partial charge in [-0.25, -0.2) is 4.79 Å². The highest BCUT2D eigenvalue weighted by atomic mass is 16.5. The Kier molecular flexibility index (Phi) is 3.02. The first-order valence-electron chi connectivity index (χ1n) is 7.12. The van der Waals surface area contributed by atoms with Crippen LogP contribution < -0.4 is 5.32 Å². The van der Waals surface area contributed by atoms with Crippen LogP contribution in [0.5, 0.6) is 0 Å². The molecule has 0 saturated carbocycles. The molecule has 1 saturated heterocycles. The van der Waals surface area contributed by atoms with Crippen LogP contribution in [-0.4, -0.2) is 27.0 Å². The average molecular weight is 328 g/mol. The van der Waals surface area contributed by atoms with Crippen LogP contribution in [0.3, 0.4) is 0 Å². The van der Waals surface area contributed by atoms with E-state index in [1.807, 2.05) is 0 Å². The standard InChI is InChI=1S/C15H12N4O5/c1-15(10-5-3-7-23-10)13(20)19(14(21)17-15)8-11-16-12(24-18-11)9-4-2-6-22-9/h2-7H,8H2,1H3,(H,17,21)/t15-/m1/s1. The molecule has 1 atom stereocenters. The molecule has 3 aromatic rings. The fourth-order valence-electron chi connectivity index (χ4n) is 2.53. The number of hydrogen-bond acceptors (Lipinski definition) is 7. The van der Waals surface area contributed by atoms with Crippen molar-refractivity contribution in [3.63, 3.8) is 0 Å². The van der Waals surface area contributed by atoms with Crippen molar-refractivity contribution >= 4 is 11.9 Å². The number of aromatic nitrogens is 2. The van der Waals surface area contributed by atoms with Crippen LogP contribution in [0.15, 0.2) is 50.1 Å². The van der Waals surface area contributed by atoms with Gasteiger partial charge in [-0.1, -0.05) is 5.16 Å². The van der Waals surface area contributed by atoms with Crippen LogP contribution in [-0.2, 0) is 16.9 Å². The number of furan rings is 2. The minimum Gasteiger partial charge on any atom is -0.466 e. The van der Waals surface area contributed by atoms with Crippen molar-refractivity contribution in [2.24, 2.45) is 0 Å². The maximum Gasteiger partial charge on any atom is 0.325 e. The van der Waals surface area contributed by atoms with Gasteiger partial charge in [0.1, 0.15) is 5.76 Å². The minimum absolute atomic E-state index is 0.120. The van der Waals surface area contributed by atoms with E-state index in [-0.39, 0.29) is 18.3 Å². The smallest absolute Gasteiger partial charge is 0.325 e. The van der Waals surface area contributed by atoms with E-state index in [1.165, 1.54) is 12.5 Å². The summed E-state index contributed by atoms with van der Waals surface area (Å²) in [4.78, 5) is 30.0. The van der Waals surface area contributed by atoms with E-state index in [9.17, 15) is 9.59 Å². The van der Waals surface area contributed by atoms with E-state index in [0.29, 0.717) is 11.5 Å². The second-order valence-electron chi connectivity index (χ2n) is 5.42. The molecule has 122 valence electrons. The van der Waals surface area contributed by atoms with Gasteiger partial charge in [0.25, 0.3) is 11.8 Å². The molecule has 3 amide bonds. The van der Waals surface area contributed by atoms with Crippen LogP contribution in [0.1, 0.15) is 18.5 Å². The quantitative estimate of drug-likeness (QED) is 0.727. The Hall–Kier alpha value is -3.36. The molecule has 0 spiro atoms. The van der Waals surface area contributed by atoms with Crippen LogP contribution in [0.25, 0.3) is 11.7 Å². The lowest BCUT2D eigenvalue weighted by Gasteiger charge is -2.18. The summed E-state index contributed by atoms with van der Waals surface area (Å²) < 4.78 is 15.5. The Morgan fingerprint density at radius 2 is 2.00 bits per heavy atom. The first-order chi connectivity index (χ1) is 11.6. The summed E-state index contributed by atoms with van der Waals surface area (Å²) in [6.07, 6.45) is 2.92. The normalized spacial score (nSPS) is 20.6. The Morgan fingerprint density at radius 3 is 2.71 bits per heavy atom. The van der Waals surface area contributed by atoms with Gasteiger partial charge in [-0.3, -0.25) is 9.69 Å². The van der Waals surface area contributed by atoms with Gasteiger partial charge >= 0.3 is 6.03 Å². The summed E-state index contributed by atoms with van der Waals surface area (Å²) in [5.41, 5.74) is -1.26. The highest BCUT2D eigenvalue weighted by Crippen LogP contribution is 2.30. The Bertz CT molecular complexity index is 883. The molecule has 0 aliphatic carbocycles. The first-order valence-corrected chi connectivity index (χ1v) is 7.12. The van der Waals surface area contributed by atoms with Crippen molar-refractivity contribution in [2.75, 3.05) is 0 Å². The number of rotatable bonds is 4. The topological polar surface area (TPSA) is 115 Å². The monoisotopic (exact) mass is 328 g/mol. The lowest BCUT2D eigenvalue weighted by molar-refractivity contribution is -0.132. The Morgan fingerprint density at radius 1 is 1.21 bits per heavy atom. The molecule has 1 fully saturated rings. The fourth-order valence-corrected chi connectivity index (χ4v) is 2.53. The predicted octanol–water partition coefficient (Wildman–Crippen LogP) is 1.89. The van der Waals surface area contributed by atoms with Gasteiger partial charge in [0.05, 0.1) is 19.1 Å². The summed E-state index contributed by atoms with van der Waals surface area (Å²) in [5, 5.41) is 6.40. The van der Waals surface area contributed by atoms with E-state index >= 15 is 0 Å². The van der Waals surface area contributed by atoms with Crippen molar-refractivity contribution in [1.82, 2.24) is 20.4 Å². The van der Waals surface area contributed by atoms with E-state index in [4.69, 9.17) is 13.4 Å². The molecule has 3 aromatic heterocycles. The van der Waals surface area contributed by atoms with Gasteiger partial charge in [-0.2, -0.15) is 4.98 Å². The number of nitrogens with zero attached hydrogens (tertiary/aromatic N) is 3. The molecule has 1 aliphatic heterocycles. The van der Waals surface area contributed by atoms with Gasteiger partial charge < -0.3 is 18.7 Å². The van der Waals surface area contributed by atoms with E-state index in [1.54, 1.807) is 31.2 Å². The summed E-state index contributed by atoms with van der Waals surface area (Å²) >= 11 is 0. The van der Waals surface area contributed by atoms with Gasteiger partial charge in [0.2, 0.25) is 0 Å². The zero-order valence-electron chi connectivity index (χ0n) is 12.6. The molecule has 0 bridgehead atoms. The average Bonchev–Trinajstić information content (AvgIpc) is 3.34. The number of carbonyl (C=O) groups is 2. The minimum atomic E-state index is -1.26. The molecule has 9 nitrogen and oxygen atoms in total. The predicted molar refractivity (Wildman–Crippen MR) is 77.1 cm³/mol. The molecule has 4 rings (SSSR count). The number of imide groups is 1. The van der Waals surface area contributed by atoms with Crippen molar-refractivity contribution in [1.29, 1.82) is 0 Å². The molecule has 4 heterocycles. The Balaban J connectivity index is 1.57. The van der Waals surface area contributed by atoms with Crippen molar-refractivity contribution in [3.05, 3.63) is 48.4 Å². The third kappa shape index (κ3) is 2.09. The molecule has 24 heavy (non-hydrogen) atoms. The molecule has 1 N–H and O–H groups in total. The fraction of sp³-hybridized carbons (Fsp3) is 0.200. The SMILES string of the molecule is C[C@]1(c2ccco2)NC(=O)N(Cc2noc(-c3ccco3)n2)C1=O. The summed E-state index contributed by atoms with van der Waals surface area (Å²) in [6, 6.07) is 6.08. The number of carbonyl (C=O) groups excluding carboxylic acids is 2.